The molecule has 0 bridgehead atoms. The number of nitrogens with zero attached hydrogens (tertiary/aromatic N) is 2. The molecule has 1 aromatic rings. The zero-order chi connectivity index (χ0) is 14.7. The molecule has 1 aromatic heterocycles. The van der Waals surface area contributed by atoms with Crippen LogP contribution in [0.15, 0.2) is 27.6 Å². The lowest BCUT2D eigenvalue weighted by atomic mass is 10.0. The van der Waals surface area contributed by atoms with Gasteiger partial charge in [-0.2, -0.15) is 0 Å². The van der Waals surface area contributed by atoms with Crippen molar-refractivity contribution in [3.63, 3.8) is 0 Å². The first kappa shape index (κ1) is 14.8. The number of hydrogen-bond donors (Lipinski definition) is 1. The number of carbonyl (C=O) groups is 2. The number of aromatic nitrogens is 1. The Morgan fingerprint density at radius 2 is 2.10 bits per heavy atom. The van der Waals surface area contributed by atoms with Gasteiger partial charge in [0.05, 0.1) is 0 Å². The number of carboxylic acid groups (broad SMARTS) is 1. The van der Waals surface area contributed by atoms with Crippen LogP contribution in [0.4, 0.5) is 0 Å². The number of likely N-dealkylation sites (tertiary alicyclic amines) is 1. The van der Waals surface area contributed by atoms with Crippen LogP contribution in [0.25, 0.3) is 0 Å². The number of halogens is 1. The van der Waals surface area contributed by atoms with Gasteiger partial charge < -0.3 is 14.6 Å². The van der Waals surface area contributed by atoms with Crippen molar-refractivity contribution >= 4 is 27.8 Å². The SMILES string of the molecule is O=C(O)C1CCCCN1C(=O)Cn1cc(Br)ccc1=O. The maximum absolute atomic E-state index is 12.2. The number of rotatable bonds is 3. The summed E-state index contributed by atoms with van der Waals surface area (Å²) in [6.07, 6.45) is 3.59. The number of piperidine rings is 1. The first-order chi connectivity index (χ1) is 9.49. The first-order valence-electron chi connectivity index (χ1n) is 6.37. The molecule has 1 aliphatic heterocycles. The van der Waals surface area contributed by atoms with Crippen LogP contribution in [-0.4, -0.2) is 39.0 Å². The van der Waals surface area contributed by atoms with Crippen molar-refractivity contribution in [2.45, 2.75) is 31.8 Å². The Balaban J connectivity index is 2.16. The summed E-state index contributed by atoms with van der Waals surface area (Å²) in [7, 11) is 0. The van der Waals surface area contributed by atoms with E-state index in [1.807, 2.05) is 0 Å². The second-order valence-corrected chi connectivity index (χ2v) is 5.67. The van der Waals surface area contributed by atoms with Crippen molar-refractivity contribution in [2.24, 2.45) is 0 Å². The van der Waals surface area contributed by atoms with Gasteiger partial charge in [-0.25, -0.2) is 4.79 Å². The molecule has 1 fully saturated rings. The van der Waals surface area contributed by atoms with Gasteiger partial charge in [-0.05, 0) is 41.3 Å². The maximum Gasteiger partial charge on any atom is 0.326 e. The summed E-state index contributed by atoms with van der Waals surface area (Å²) >= 11 is 3.24. The lowest BCUT2D eigenvalue weighted by Gasteiger charge is -2.33. The first-order valence-corrected chi connectivity index (χ1v) is 7.16. The standard InChI is InChI=1S/C13H15BrN2O4/c14-9-4-5-11(17)15(7-9)8-12(18)16-6-2-1-3-10(16)13(19)20/h4-5,7,10H,1-3,6,8H2,(H,19,20). The van der Waals surface area contributed by atoms with E-state index in [1.165, 1.54) is 21.7 Å². The van der Waals surface area contributed by atoms with Gasteiger partial charge in [-0.3, -0.25) is 9.59 Å². The van der Waals surface area contributed by atoms with E-state index < -0.39 is 12.0 Å². The minimum Gasteiger partial charge on any atom is -0.480 e. The molecule has 1 N–H and O–H groups in total. The summed E-state index contributed by atoms with van der Waals surface area (Å²) in [6, 6.07) is 2.19. The number of hydrogen-bond acceptors (Lipinski definition) is 3. The molecule has 108 valence electrons. The van der Waals surface area contributed by atoms with Crippen LogP contribution >= 0.6 is 15.9 Å². The lowest BCUT2D eigenvalue weighted by Crippen LogP contribution is -2.49. The fourth-order valence-electron chi connectivity index (χ4n) is 2.35. The predicted molar refractivity (Wildman–Crippen MR) is 75.4 cm³/mol. The van der Waals surface area contributed by atoms with Crippen LogP contribution in [0.2, 0.25) is 0 Å². The Kier molecular flexibility index (Phi) is 4.59. The zero-order valence-electron chi connectivity index (χ0n) is 10.8. The van der Waals surface area contributed by atoms with Crippen LogP contribution < -0.4 is 5.56 Å². The van der Waals surface area contributed by atoms with Gasteiger partial charge in [-0.1, -0.05) is 0 Å². The molecule has 7 heteroatoms. The Morgan fingerprint density at radius 1 is 1.35 bits per heavy atom. The highest BCUT2D eigenvalue weighted by Crippen LogP contribution is 2.17. The van der Waals surface area contributed by atoms with Crippen molar-refractivity contribution in [3.05, 3.63) is 33.2 Å². The third kappa shape index (κ3) is 3.27. The van der Waals surface area contributed by atoms with Crippen LogP contribution in [0, 0.1) is 0 Å². The number of carboxylic acids is 1. The molecule has 6 nitrogen and oxygen atoms in total. The number of aliphatic carboxylic acids is 1. The Hall–Kier alpha value is -1.63. The van der Waals surface area contributed by atoms with Gasteiger partial charge in [-0.15, -0.1) is 0 Å². The number of carbonyl (C=O) groups excluding carboxylic acids is 1. The topological polar surface area (TPSA) is 79.6 Å². The molecule has 0 radical (unpaired) electrons. The van der Waals surface area contributed by atoms with Gasteiger partial charge in [0, 0.05) is 23.3 Å². The van der Waals surface area contributed by atoms with E-state index in [0.29, 0.717) is 17.4 Å². The Morgan fingerprint density at radius 3 is 2.80 bits per heavy atom. The van der Waals surface area contributed by atoms with Crippen LogP contribution in [0.1, 0.15) is 19.3 Å². The predicted octanol–water partition coefficient (Wildman–Crippen LogP) is 1.08. The second kappa shape index (κ2) is 6.21. The fourth-order valence-corrected chi connectivity index (χ4v) is 2.73. The second-order valence-electron chi connectivity index (χ2n) is 4.75. The molecule has 2 rings (SSSR count). The Bertz CT molecular complexity index is 584. The molecular formula is C13H15BrN2O4. The summed E-state index contributed by atoms with van der Waals surface area (Å²) in [5, 5.41) is 9.15. The van der Waals surface area contributed by atoms with Crippen molar-refractivity contribution in [1.82, 2.24) is 9.47 Å². The molecule has 1 unspecified atom stereocenters. The quantitative estimate of drug-likeness (QED) is 0.891. The van der Waals surface area contributed by atoms with Crippen molar-refractivity contribution in [2.75, 3.05) is 6.54 Å². The van der Waals surface area contributed by atoms with Crippen molar-refractivity contribution < 1.29 is 14.7 Å². The normalized spacial score (nSPS) is 18.9. The average molecular weight is 343 g/mol. The molecule has 20 heavy (non-hydrogen) atoms. The van der Waals surface area contributed by atoms with Gasteiger partial charge in [0.25, 0.3) is 5.56 Å². The smallest absolute Gasteiger partial charge is 0.326 e. The van der Waals surface area contributed by atoms with Crippen LogP contribution in [0.3, 0.4) is 0 Å². The fraction of sp³-hybridized carbons (Fsp3) is 0.462. The van der Waals surface area contributed by atoms with Crippen molar-refractivity contribution in [1.29, 1.82) is 0 Å². The summed E-state index contributed by atoms with van der Waals surface area (Å²) in [4.78, 5) is 36.4. The summed E-state index contributed by atoms with van der Waals surface area (Å²) < 4.78 is 1.97. The Labute approximate surface area is 124 Å². The third-order valence-corrected chi connectivity index (χ3v) is 3.83. The summed E-state index contributed by atoms with van der Waals surface area (Å²) in [6.45, 7) is 0.292. The highest BCUT2D eigenvalue weighted by molar-refractivity contribution is 9.10. The zero-order valence-corrected chi connectivity index (χ0v) is 12.4. The maximum atomic E-state index is 12.2. The van der Waals surface area contributed by atoms with Gasteiger partial charge in [0.1, 0.15) is 12.6 Å². The molecule has 0 spiro atoms. The molecular weight excluding hydrogens is 328 g/mol. The van der Waals surface area contributed by atoms with E-state index in [4.69, 9.17) is 5.11 Å². The van der Waals surface area contributed by atoms with Crippen LogP contribution in [0.5, 0.6) is 0 Å². The lowest BCUT2D eigenvalue weighted by molar-refractivity contribution is -0.152. The number of pyridine rings is 1. The van der Waals surface area contributed by atoms with E-state index in [-0.39, 0.29) is 18.0 Å². The van der Waals surface area contributed by atoms with E-state index >= 15 is 0 Å². The molecule has 1 aliphatic rings. The molecule has 0 aliphatic carbocycles. The van der Waals surface area contributed by atoms with E-state index in [2.05, 4.69) is 15.9 Å². The van der Waals surface area contributed by atoms with E-state index in [9.17, 15) is 14.4 Å². The minimum atomic E-state index is -0.986. The molecule has 1 amide bonds. The van der Waals surface area contributed by atoms with Crippen molar-refractivity contribution in [3.8, 4) is 0 Å². The van der Waals surface area contributed by atoms with Gasteiger partial charge >= 0.3 is 5.97 Å². The average Bonchev–Trinajstić information content (AvgIpc) is 2.42. The summed E-state index contributed by atoms with van der Waals surface area (Å²) in [5.41, 5.74) is -0.287. The monoisotopic (exact) mass is 342 g/mol. The highest BCUT2D eigenvalue weighted by Gasteiger charge is 2.31. The largest absolute Gasteiger partial charge is 0.480 e. The van der Waals surface area contributed by atoms with Gasteiger partial charge in [0.2, 0.25) is 5.91 Å². The molecule has 0 aromatic carbocycles. The van der Waals surface area contributed by atoms with Crippen LogP contribution in [-0.2, 0) is 16.1 Å². The minimum absolute atomic E-state index is 0.137. The van der Waals surface area contributed by atoms with Gasteiger partial charge in [0.15, 0.2) is 0 Å². The third-order valence-electron chi connectivity index (χ3n) is 3.36. The van der Waals surface area contributed by atoms with E-state index in [0.717, 1.165) is 12.8 Å². The highest BCUT2D eigenvalue weighted by atomic mass is 79.9. The number of amides is 1. The molecule has 2 heterocycles. The molecule has 0 saturated carbocycles. The van der Waals surface area contributed by atoms with E-state index in [1.54, 1.807) is 6.07 Å². The molecule has 1 atom stereocenters. The molecule has 1 saturated heterocycles. The summed E-state index contributed by atoms with van der Waals surface area (Å²) in [5.74, 6) is -1.32.